The van der Waals surface area contributed by atoms with Crippen LogP contribution in [0, 0.1) is 0 Å². The Kier molecular flexibility index (Phi) is 6.05. The number of halogens is 1. The highest BCUT2D eigenvalue weighted by Gasteiger charge is 2.23. The fourth-order valence-corrected chi connectivity index (χ4v) is 4.08. The summed E-state index contributed by atoms with van der Waals surface area (Å²) in [6.07, 6.45) is 0. The molecule has 0 bridgehead atoms. The first-order chi connectivity index (χ1) is 11.7. The van der Waals surface area contributed by atoms with Crippen LogP contribution in [0.2, 0.25) is 5.02 Å². The van der Waals surface area contributed by atoms with Crippen LogP contribution in [0.25, 0.3) is 0 Å². The zero-order chi connectivity index (χ0) is 16.9. The van der Waals surface area contributed by atoms with Gasteiger partial charge in [-0.3, -0.25) is 9.80 Å². The lowest BCUT2D eigenvalue weighted by atomic mass is 10.1. The molecule has 7 heteroatoms. The van der Waals surface area contributed by atoms with Gasteiger partial charge in [0.15, 0.2) is 0 Å². The van der Waals surface area contributed by atoms with Crippen LogP contribution in [0.15, 0.2) is 24.3 Å². The van der Waals surface area contributed by atoms with E-state index < -0.39 is 0 Å². The summed E-state index contributed by atoms with van der Waals surface area (Å²) < 4.78 is 5.39. The molecule has 1 aromatic heterocycles. The Bertz CT molecular complexity index is 658. The van der Waals surface area contributed by atoms with Crippen molar-refractivity contribution in [2.75, 3.05) is 32.8 Å². The van der Waals surface area contributed by atoms with Crippen LogP contribution in [0.5, 0.6) is 5.19 Å². The fraction of sp³-hybridized carbons (Fsp3) is 0.529. The van der Waals surface area contributed by atoms with Gasteiger partial charge in [0.25, 0.3) is 5.19 Å². The summed E-state index contributed by atoms with van der Waals surface area (Å²) in [6, 6.07) is 8.46. The Morgan fingerprint density at radius 2 is 1.96 bits per heavy atom. The molecule has 1 aliphatic heterocycles. The topological polar surface area (TPSA) is 41.5 Å². The van der Waals surface area contributed by atoms with Gasteiger partial charge in [-0.15, -0.1) is 10.2 Å². The molecule has 1 unspecified atom stereocenters. The SMILES string of the molecule is CCOc1nnc(CN2CCN(C(C)c3ccccc3Cl)CC2)s1. The van der Waals surface area contributed by atoms with E-state index in [2.05, 4.69) is 39.1 Å². The van der Waals surface area contributed by atoms with Crippen LogP contribution >= 0.6 is 22.9 Å². The number of aromatic nitrogens is 2. The first kappa shape index (κ1) is 17.6. The van der Waals surface area contributed by atoms with Crippen molar-refractivity contribution in [1.82, 2.24) is 20.0 Å². The van der Waals surface area contributed by atoms with E-state index in [1.807, 2.05) is 19.1 Å². The molecule has 1 fully saturated rings. The van der Waals surface area contributed by atoms with Crippen LogP contribution in [0.3, 0.4) is 0 Å². The number of nitrogens with zero attached hydrogens (tertiary/aromatic N) is 4. The Labute approximate surface area is 152 Å². The molecule has 0 spiro atoms. The number of ether oxygens (including phenoxy) is 1. The molecule has 1 saturated heterocycles. The van der Waals surface area contributed by atoms with E-state index in [0.29, 0.717) is 17.8 Å². The second-order valence-electron chi connectivity index (χ2n) is 5.90. The second-order valence-corrected chi connectivity index (χ2v) is 7.34. The maximum atomic E-state index is 6.34. The third kappa shape index (κ3) is 4.25. The van der Waals surface area contributed by atoms with E-state index in [0.717, 1.165) is 42.8 Å². The van der Waals surface area contributed by atoms with Crippen LogP contribution in [0.1, 0.15) is 30.5 Å². The third-order valence-corrected chi connectivity index (χ3v) is 5.55. The lowest BCUT2D eigenvalue weighted by Gasteiger charge is -2.38. The van der Waals surface area contributed by atoms with E-state index in [1.165, 1.54) is 16.9 Å². The van der Waals surface area contributed by atoms with Crippen molar-refractivity contribution >= 4 is 22.9 Å². The normalized spacial score (nSPS) is 17.8. The predicted molar refractivity (Wildman–Crippen MR) is 97.8 cm³/mol. The van der Waals surface area contributed by atoms with Crippen LogP contribution in [-0.2, 0) is 6.54 Å². The first-order valence-electron chi connectivity index (χ1n) is 8.33. The van der Waals surface area contributed by atoms with Crippen molar-refractivity contribution in [3.8, 4) is 5.19 Å². The highest BCUT2D eigenvalue weighted by molar-refractivity contribution is 7.13. The summed E-state index contributed by atoms with van der Waals surface area (Å²) in [5, 5.41) is 10.8. The molecule has 1 aliphatic rings. The standard InChI is InChI=1S/C17H23ClN4OS/c1-3-23-17-20-19-16(24-17)12-21-8-10-22(11-9-21)13(2)14-6-4-5-7-15(14)18/h4-7,13H,3,8-12H2,1-2H3. The van der Waals surface area contributed by atoms with Gasteiger partial charge in [0.05, 0.1) is 13.2 Å². The van der Waals surface area contributed by atoms with Crippen molar-refractivity contribution in [2.45, 2.75) is 26.4 Å². The van der Waals surface area contributed by atoms with Crippen molar-refractivity contribution in [2.24, 2.45) is 0 Å². The molecule has 3 rings (SSSR count). The molecule has 24 heavy (non-hydrogen) atoms. The molecule has 2 heterocycles. The quantitative estimate of drug-likeness (QED) is 0.783. The number of piperazine rings is 1. The molecule has 0 amide bonds. The summed E-state index contributed by atoms with van der Waals surface area (Å²) >= 11 is 7.88. The van der Waals surface area contributed by atoms with Crippen LogP contribution in [-0.4, -0.2) is 52.8 Å². The van der Waals surface area contributed by atoms with E-state index >= 15 is 0 Å². The van der Waals surface area contributed by atoms with Crippen molar-refractivity contribution in [3.63, 3.8) is 0 Å². The molecule has 0 aliphatic carbocycles. The summed E-state index contributed by atoms with van der Waals surface area (Å²) in [4.78, 5) is 4.91. The van der Waals surface area contributed by atoms with E-state index in [-0.39, 0.29) is 0 Å². The maximum Gasteiger partial charge on any atom is 0.294 e. The van der Waals surface area contributed by atoms with E-state index in [4.69, 9.17) is 16.3 Å². The Morgan fingerprint density at radius 3 is 2.67 bits per heavy atom. The monoisotopic (exact) mass is 366 g/mol. The van der Waals surface area contributed by atoms with E-state index in [9.17, 15) is 0 Å². The zero-order valence-corrected chi connectivity index (χ0v) is 15.7. The third-order valence-electron chi connectivity index (χ3n) is 4.38. The molecular weight excluding hydrogens is 344 g/mol. The van der Waals surface area contributed by atoms with Gasteiger partial charge in [0.1, 0.15) is 5.01 Å². The van der Waals surface area contributed by atoms with Crippen molar-refractivity contribution < 1.29 is 4.74 Å². The molecule has 0 N–H and O–H groups in total. The number of benzene rings is 1. The molecule has 0 radical (unpaired) electrons. The van der Waals surface area contributed by atoms with Crippen molar-refractivity contribution in [3.05, 3.63) is 39.9 Å². The molecule has 1 aromatic carbocycles. The lowest BCUT2D eigenvalue weighted by Crippen LogP contribution is -2.46. The molecule has 1 atom stereocenters. The molecule has 0 saturated carbocycles. The minimum absolute atomic E-state index is 0.340. The van der Waals surface area contributed by atoms with Gasteiger partial charge < -0.3 is 4.74 Å². The van der Waals surface area contributed by atoms with Gasteiger partial charge in [-0.1, -0.05) is 41.1 Å². The minimum Gasteiger partial charge on any atom is -0.469 e. The van der Waals surface area contributed by atoms with Gasteiger partial charge in [0.2, 0.25) is 0 Å². The van der Waals surface area contributed by atoms with Crippen LogP contribution < -0.4 is 4.74 Å². The molecule has 2 aromatic rings. The number of hydrogen-bond donors (Lipinski definition) is 0. The summed E-state index contributed by atoms with van der Waals surface area (Å²) in [6.45, 7) is 9.78. The highest BCUT2D eigenvalue weighted by Crippen LogP contribution is 2.28. The number of hydrogen-bond acceptors (Lipinski definition) is 6. The van der Waals surface area contributed by atoms with Crippen molar-refractivity contribution in [1.29, 1.82) is 0 Å². The van der Waals surface area contributed by atoms with Gasteiger partial charge in [-0.05, 0) is 25.5 Å². The first-order valence-corrected chi connectivity index (χ1v) is 9.53. The molecule has 130 valence electrons. The highest BCUT2D eigenvalue weighted by atomic mass is 35.5. The minimum atomic E-state index is 0.340. The van der Waals surface area contributed by atoms with Crippen LogP contribution in [0.4, 0.5) is 0 Å². The number of rotatable bonds is 6. The van der Waals surface area contributed by atoms with Gasteiger partial charge in [0, 0.05) is 37.2 Å². The zero-order valence-electron chi connectivity index (χ0n) is 14.1. The largest absolute Gasteiger partial charge is 0.469 e. The Morgan fingerprint density at radius 1 is 1.21 bits per heavy atom. The smallest absolute Gasteiger partial charge is 0.294 e. The van der Waals surface area contributed by atoms with Gasteiger partial charge >= 0.3 is 0 Å². The molecule has 5 nitrogen and oxygen atoms in total. The van der Waals surface area contributed by atoms with Gasteiger partial charge in [-0.25, -0.2) is 0 Å². The fourth-order valence-electron chi connectivity index (χ4n) is 2.99. The van der Waals surface area contributed by atoms with Gasteiger partial charge in [-0.2, -0.15) is 0 Å². The summed E-state index contributed by atoms with van der Waals surface area (Å²) in [5.41, 5.74) is 1.21. The van der Waals surface area contributed by atoms with E-state index in [1.54, 1.807) is 0 Å². The Hall–Kier alpha value is -1.21. The predicted octanol–water partition coefficient (Wildman–Crippen LogP) is 3.47. The average molecular weight is 367 g/mol. The maximum absolute atomic E-state index is 6.34. The lowest BCUT2D eigenvalue weighted by molar-refractivity contribution is 0.0977. The Balaban J connectivity index is 1.52. The summed E-state index contributed by atoms with van der Waals surface area (Å²) in [5.74, 6) is 0. The average Bonchev–Trinajstić information content (AvgIpc) is 3.03. The second kappa shape index (κ2) is 8.25. The summed E-state index contributed by atoms with van der Waals surface area (Å²) in [7, 11) is 0. The molecular formula is C17H23ClN4OS.